The topological polar surface area (TPSA) is 85.8 Å². The van der Waals surface area contributed by atoms with E-state index in [1.165, 1.54) is 19.1 Å². The fourth-order valence-corrected chi connectivity index (χ4v) is 1.69. The molecule has 0 radical (unpaired) electrons. The summed E-state index contributed by atoms with van der Waals surface area (Å²) in [5, 5.41) is 0.745. The number of nitrogen functional groups attached to an aromatic ring is 1. The van der Waals surface area contributed by atoms with Gasteiger partial charge in [0.25, 0.3) is 5.91 Å². The van der Waals surface area contributed by atoms with Crippen molar-refractivity contribution in [1.29, 1.82) is 0 Å². The zero-order valence-electron chi connectivity index (χ0n) is 10.7. The molecule has 0 aliphatic carbocycles. The monoisotopic (exact) mass is 262 g/mol. The number of nitrogens with zero attached hydrogens (tertiary/aromatic N) is 1. The molecule has 100 valence electrons. The highest BCUT2D eigenvalue weighted by atomic mass is 16.5. The van der Waals surface area contributed by atoms with Gasteiger partial charge in [0.05, 0.1) is 7.11 Å². The van der Waals surface area contributed by atoms with Crippen LogP contribution in [-0.2, 0) is 9.53 Å². The molecule has 0 atom stereocenters. The normalized spacial score (nSPS) is 10.4. The van der Waals surface area contributed by atoms with E-state index in [1.54, 1.807) is 24.3 Å². The highest BCUT2D eigenvalue weighted by Crippen LogP contribution is 2.22. The Morgan fingerprint density at radius 2 is 2.11 bits per heavy atom. The highest BCUT2D eigenvalue weighted by molar-refractivity contribution is 5.97. The maximum Gasteiger partial charge on any atom is 0.325 e. The predicted molar refractivity (Wildman–Crippen MR) is 69.6 cm³/mol. The number of rotatable bonds is 3. The van der Waals surface area contributed by atoms with Crippen LogP contribution in [0.25, 0.3) is 11.0 Å². The average molecular weight is 262 g/mol. The SMILES string of the molecule is COC(=O)CN(C)C(=O)c1cc2cc(N)ccc2o1. The van der Waals surface area contributed by atoms with Crippen LogP contribution in [0.5, 0.6) is 0 Å². The van der Waals surface area contributed by atoms with Crippen LogP contribution in [0.15, 0.2) is 28.7 Å². The van der Waals surface area contributed by atoms with Crippen LogP contribution in [0, 0.1) is 0 Å². The molecule has 0 fully saturated rings. The molecular weight excluding hydrogens is 248 g/mol. The molecule has 1 aromatic heterocycles. The van der Waals surface area contributed by atoms with Gasteiger partial charge in [-0.3, -0.25) is 9.59 Å². The van der Waals surface area contributed by atoms with Gasteiger partial charge in [-0.15, -0.1) is 0 Å². The average Bonchev–Trinajstić information content (AvgIpc) is 2.80. The third-order valence-corrected chi connectivity index (χ3v) is 2.69. The lowest BCUT2D eigenvalue weighted by Gasteiger charge is -2.13. The van der Waals surface area contributed by atoms with Crippen molar-refractivity contribution >= 4 is 28.5 Å². The number of likely N-dealkylation sites (N-methyl/N-ethyl adjacent to an activating group) is 1. The molecule has 1 amide bonds. The molecule has 0 spiro atoms. The summed E-state index contributed by atoms with van der Waals surface area (Å²) < 4.78 is 9.92. The molecule has 1 heterocycles. The second kappa shape index (κ2) is 5.01. The minimum Gasteiger partial charge on any atom is -0.468 e. The van der Waals surface area contributed by atoms with E-state index in [9.17, 15) is 9.59 Å². The molecule has 2 aromatic rings. The minimum absolute atomic E-state index is 0.130. The number of esters is 1. The predicted octanol–water partition coefficient (Wildman–Crippen LogP) is 1.26. The van der Waals surface area contributed by atoms with Crippen molar-refractivity contribution < 1.29 is 18.7 Å². The number of amides is 1. The molecule has 0 aliphatic heterocycles. The number of nitrogens with two attached hydrogens (primary N) is 1. The molecule has 0 saturated heterocycles. The van der Waals surface area contributed by atoms with Gasteiger partial charge in [0.1, 0.15) is 12.1 Å². The number of hydrogen-bond donors (Lipinski definition) is 1. The molecular formula is C13H14N2O4. The first kappa shape index (κ1) is 12.9. The van der Waals surface area contributed by atoms with Crippen LogP contribution in [0.2, 0.25) is 0 Å². The van der Waals surface area contributed by atoms with E-state index in [2.05, 4.69) is 4.74 Å². The van der Waals surface area contributed by atoms with Gasteiger partial charge in [-0.25, -0.2) is 0 Å². The van der Waals surface area contributed by atoms with Crippen molar-refractivity contribution in [2.75, 3.05) is 26.4 Å². The van der Waals surface area contributed by atoms with Crippen molar-refractivity contribution in [2.45, 2.75) is 0 Å². The number of anilines is 1. The Kier molecular flexibility index (Phi) is 3.41. The number of fused-ring (bicyclic) bond motifs is 1. The highest BCUT2D eigenvalue weighted by Gasteiger charge is 2.19. The van der Waals surface area contributed by atoms with Gasteiger partial charge in [0, 0.05) is 18.1 Å². The van der Waals surface area contributed by atoms with Crippen LogP contribution >= 0.6 is 0 Å². The van der Waals surface area contributed by atoms with Crippen molar-refractivity contribution in [3.63, 3.8) is 0 Å². The second-order valence-corrected chi connectivity index (χ2v) is 4.15. The number of carbonyl (C=O) groups is 2. The molecule has 19 heavy (non-hydrogen) atoms. The van der Waals surface area contributed by atoms with E-state index in [0.717, 1.165) is 5.39 Å². The maximum absolute atomic E-state index is 12.0. The molecule has 0 unspecified atom stereocenters. The molecule has 2 N–H and O–H groups in total. The number of carbonyl (C=O) groups excluding carboxylic acids is 2. The van der Waals surface area contributed by atoms with Gasteiger partial charge in [-0.05, 0) is 24.3 Å². The Morgan fingerprint density at radius 1 is 1.37 bits per heavy atom. The van der Waals surface area contributed by atoms with Crippen LogP contribution in [0.3, 0.4) is 0 Å². The van der Waals surface area contributed by atoms with Crippen LogP contribution in [0.4, 0.5) is 5.69 Å². The fourth-order valence-electron chi connectivity index (χ4n) is 1.69. The molecule has 0 saturated carbocycles. The first-order valence-electron chi connectivity index (χ1n) is 5.62. The van der Waals surface area contributed by atoms with Gasteiger partial charge in [-0.2, -0.15) is 0 Å². The Morgan fingerprint density at radius 3 is 2.79 bits per heavy atom. The van der Waals surface area contributed by atoms with Crippen LogP contribution < -0.4 is 5.73 Å². The zero-order valence-corrected chi connectivity index (χ0v) is 10.7. The van der Waals surface area contributed by atoms with E-state index in [4.69, 9.17) is 10.2 Å². The van der Waals surface area contributed by atoms with Gasteiger partial charge >= 0.3 is 5.97 Å². The number of hydrogen-bond acceptors (Lipinski definition) is 5. The third-order valence-electron chi connectivity index (χ3n) is 2.69. The van der Waals surface area contributed by atoms with Crippen LogP contribution in [-0.4, -0.2) is 37.5 Å². The summed E-state index contributed by atoms with van der Waals surface area (Å²) >= 11 is 0. The van der Waals surface area contributed by atoms with E-state index >= 15 is 0 Å². The number of ether oxygens (including phenoxy) is 1. The van der Waals surface area contributed by atoms with Crippen molar-refractivity contribution in [2.24, 2.45) is 0 Å². The van der Waals surface area contributed by atoms with E-state index in [0.29, 0.717) is 11.3 Å². The minimum atomic E-state index is -0.490. The van der Waals surface area contributed by atoms with E-state index in [1.807, 2.05) is 0 Å². The van der Waals surface area contributed by atoms with Gasteiger partial charge in [0.2, 0.25) is 0 Å². The largest absolute Gasteiger partial charge is 0.468 e. The summed E-state index contributed by atoms with van der Waals surface area (Å²) in [5.74, 6) is -0.719. The lowest BCUT2D eigenvalue weighted by molar-refractivity contribution is -0.141. The lowest BCUT2D eigenvalue weighted by Crippen LogP contribution is -2.32. The smallest absolute Gasteiger partial charge is 0.325 e. The van der Waals surface area contributed by atoms with Gasteiger partial charge < -0.3 is 19.8 Å². The first-order chi connectivity index (χ1) is 9.01. The van der Waals surface area contributed by atoms with Crippen molar-refractivity contribution in [3.8, 4) is 0 Å². The summed E-state index contributed by atoms with van der Waals surface area (Å²) in [4.78, 5) is 24.4. The molecule has 6 nitrogen and oxygen atoms in total. The van der Waals surface area contributed by atoms with Crippen LogP contribution in [0.1, 0.15) is 10.6 Å². The van der Waals surface area contributed by atoms with E-state index in [-0.39, 0.29) is 18.2 Å². The molecule has 0 aliphatic rings. The zero-order chi connectivity index (χ0) is 14.0. The van der Waals surface area contributed by atoms with Gasteiger partial charge in [-0.1, -0.05) is 0 Å². The Hall–Kier alpha value is -2.50. The number of benzene rings is 1. The molecule has 2 rings (SSSR count). The molecule has 6 heteroatoms. The van der Waals surface area contributed by atoms with Gasteiger partial charge in [0.15, 0.2) is 5.76 Å². The third kappa shape index (κ3) is 2.67. The number of furan rings is 1. The first-order valence-corrected chi connectivity index (χ1v) is 5.62. The fraction of sp³-hybridized carbons (Fsp3) is 0.231. The Bertz CT molecular complexity index is 633. The molecule has 1 aromatic carbocycles. The quantitative estimate of drug-likeness (QED) is 0.664. The summed E-state index contributed by atoms with van der Waals surface area (Å²) in [6.45, 7) is -0.130. The molecule has 0 bridgehead atoms. The Balaban J connectivity index is 2.23. The summed E-state index contributed by atoms with van der Waals surface area (Å²) in [6.07, 6.45) is 0. The summed E-state index contributed by atoms with van der Waals surface area (Å²) in [6, 6.07) is 6.71. The number of methoxy groups -OCH3 is 1. The van der Waals surface area contributed by atoms with Crippen molar-refractivity contribution in [3.05, 3.63) is 30.0 Å². The summed E-state index contributed by atoms with van der Waals surface area (Å²) in [7, 11) is 2.77. The standard InChI is InChI=1S/C13H14N2O4/c1-15(7-12(16)18-2)13(17)11-6-8-5-9(14)3-4-10(8)19-11/h3-6H,7,14H2,1-2H3. The maximum atomic E-state index is 12.0. The second-order valence-electron chi connectivity index (χ2n) is 4.15. The van der Waals surface area contributed by atoms with E-state index < -0.39 is 5.97 Å². The lowest BCUT2D eigenvalue weighted by atomic mass is 10.2. The Labute approximate surface area is 109 Å². The van der Waals surface area contributed by atoms with Crippen molar-refractivity contribution in [1.82, 2.24) is 4.90 Å². The summed E-state index contributed by atoms with van der Waals surface area (Å²) in [5.41, 5.74) is 6.82.